The summed E-state index contributed by atoms with van der Waals surface area (Å²) in [6.07, 6.45) is 4.53. The number of aromatic nitrogens is 3. The minimum absolute atomic E-state index is 0.00179. The zero-order valence-corrected chi connectivity index (χ0v) is 15.1. The van der Waals surface area contributed by atoms with E-state index in [1.807, 2.05) is 37.4 Å². The number of thioether (sulfide) groups is 1. The van der Waals surface area contributed by atoms with Crippen LogP contribution in [0.1, 0.15) is 35.4 Å². The van der Waals surface area contributed by atoms with E-state index in [1.54, 1.807) is 16.4 Å². The van der Waals surface area contributed by atoms with Crippen LogP contribution < -0.4 is 10.6 Å². The Morgan fingerprint density at radius 3 is 2.64 bits per heavy atom. The third-order valence-electron chi connectivity index (χ3n) is 3.95. The number of rotatable bonds is 7. The van der Waals surface area contributed by atoms with E-state index in [1.165, 1.54) is 0 Å². The lowest BCUT2D eigenvalue weighted by molar-refractivity contribution is -0.115. The van der Waals surface area contributed by atoms with Crippen molar-refractivity contribution in [3.05, 3.63) is 35.7 Å². The van der Waals surface area contributed by atoms with Crippen molar-refractivity contribution in [2.24, 2.45) is 0 Å². The van der Waals surface area contributed by atoms with E-state index in [9.17, 15) is 9.59 Å². The van der Waals surface area contributed by atoms with Gasteiger partial charge in [-0.15, -0.1) is 5.10 Å². The Labute approximate surface area is 150 Å². The second-order valence-electron chi connectivity index (χ2n) is 6.02. The third-order valence-corrected chi connectivity index (χ3v) is 4.56. The number of anilines is 1. The van der Waals surface area contributed by atoms with Crippen LogP contribution in [0.25, 0.3) is 5.69 Å². The number of carbonyl (C=O) groups excluding carboxylic acids is 2. The molecule has 1 fully saturated rings. The molecular weight excluding hydrogens is 338 g/mol. The van der Waals surface area contributed by atoms with Crippen molar-refractivity contribution >= 4 is 29.3 Å². The van der Waals surface area contributed by atoms with E-state index in [0.29, 0.717) is 17.8 Å². The molecule has 0 spiro atoms. The van der Waals surface area contributed by atoms with E-state index in [-0.39, 0.29) is 17.9 Å². The molecule has 8 heteroatoms. The van der Waals surface area contributed by atoms with Crippen molar-refractivity contribution < 1.29 is 9.59 Å². The highest BCUT2D eigenvalue weighted by molar-refractivity contribution is 7.98. The fourth-order valence-electron chi connectivity index (χ4n) is 2.37. The maximum atomic E-state index is 12.1. The molecule has 1 aliphatic carbocycles. The molecule has 1 saturated carbocycles. The van der Waals surface area contributed by atoms with Crippen molar-refractivity contribution in [2.45, 2.75) is 32.2 Å². The topological polar surface area (TPSA) is 88.9 Å². The van der Waals surface area contributed by atoms with E-state index < -0.39 is 0 Å². The third kappa shape index (κ3) is 4.39. The van der Waals surface area contributed by atoms with Gasteiger partial charge in [-0.25, -0.2) is 4.68 Å². The van der Waals surface area contributed by atoms with Crippen LogP contribution in [-0.4, -0.2) is 44.9 Å². The van der Waals surface area contributed by atoms with Gasteiger partial charge in [0.25, 0.3) is 5.91 Å². The number of nitrogens with one attached hydrogen (secondary N) is 2. The summed E-state index contributed by atoms with van der Waals surface area (Å²) in [6.45, 7) is 1.82. The average Bonchev–Trinajstić information content (AvgIpc) is 3.33. The normalized spacial score (nSPS) is 13.5. The number of amides is 2. The first-order chi connectivity index (χ1) is 12.1. The van der Waals surface area contributed by atoms with Crippen LogP contribution in [0.3, 0.4) is 0 Å². The van der Waals surface area contributed by atoms with Gasteiger partial charge in [0.05, 0.1) is 11.4 Å². The first kappa shape index (κ1) is 17.5. The Balaban J connectivity index is 1.68. The molecular formula is C17H21N5O2S. The fourth-order valence-corrected chi connectivity index (χ4v) is 2.76. The van der Waals surface area contributed by atoms with E-state index >= 15 is 0 Å². The quantitative estimate of drug-likeness (QED) is 0.791. The summed E-state index contributed by atoms with van der Waals surface area (Å²) in [5.74, 6) is 0.621. The molecule has 0 atom stereocenters. The highest BCUT2D eigenvalue weighted by Crippen LogP contribution is 2.20. The van der Waals surface area contributed by atoms with Crippen LogP contribution in [-0.2, 0) is 4.79 Å². The van der Waals surface area contributed by atoms with Gasteiger partial charge in [-0.1, -0.05) is 5.21 Å². The van der Waals surface area contributed by atoms with Gasteiger partial charge in [-0.3, -0.25) is 9.59 Å². The molecule has 1 aromatic carbocycles. The van der Waals surface area contributed by atoms with Gasteiger partial charge >= 0.3 is 0 Å². The largest absolute Gasteiger partial charge is 0.348 e. The van der Waals surface area contributed by atoms with Gasteiger partial charge in [0.1, 0.15) is 0 Å². The van der Waals surface area contributed by atoms with Crippen molar-refractivity contribution in [1.29, 1.82) is 0 Å². The number of nitrogens with zero attached hydrogens (tertiary/aromatic N) is 3. The van der Waals surface area contributed by atoms with E-state index in [2.05, 4.69) is 20.9 Å². The monoisotopic (exact) mass is 359 g/mol. The molecule has 0 unspecified atom stereocenters. The average molecular weight is 359 g/mol. The summed E-state index contributed by atoms with van der Waals surface area (Å²) in [5.41, 5.74) is 2.56. The van der Waals surface area contributed by atoms with Crippen LogP contribution in [0, 0.1) is 6.92 Å². The summed E-state index contributed by atoms with van der Waals surface area (Å²) in [5, 5.41) is 13.9. The highest BCUT2D eigenvalue weighted by atomic mass is 32.2. The number of hydrogen-bond acceptors (Lipinski definition) is 5. The molecule has 0 saturated heterocycles. The summed E-state index contributed by atoms with van der Waals surface area (Å²) >= 11 is 1.64. The second kappa shape index (κ2) is 7.69. The fraction of sp³-hybridized carbons (Fsp3) is 0.412. The van der Waals surface area contributed by atoms with Gasteiger partial charge < -0.3 is 10.6 Å². The van der Waals surface area contributed by atoms with Crippen molar-refractivity contribution in [1.82, 2.24) is 20.3 Å². The highest BCUT2D eigenvalue weighted by Gasteiger charge is 2.26. The van der Waals surface area contributed by atoms with Crippen LogP contribution in [0.2, 0.25) is 0 Å². The lowest BCUT2D eigenvalue weighted by atomic mass is 10.2. The summed E-state index contributed by atoms with van der Waals surface area (Å²) in [7, 11) is 0. The number of benzene rings is 1. The molecule has 2 amide bonds. The van der Waals surface area contributed by atoms with Gasteiger partial charge in [0.15, 0.2) is 5.69 Å². The van der Waals surface area contributed by atoms with Crippen molar-refractivity contribution in [2.75, 3.05) is 17.3 Å². The number of carbonyl (C=O) groups is 2. The van der Waals surface area contributed by atoms with E-state index in [0.717, 1.165) is 30.0 Å². The zero-order chi connectivity index (χ0) is 17.8. The van der Waals surface area contributed by atoms with Crippen LogP contribution in [0.5, 0.6) is 0 Å². The summed E-state index contributed by atoms with van der Waals surface area (Å²) in [4.78, 5) is 23.9. The lowest BCUT2D eigenvalue weighted by Gasteiger charge is -2.07. The Kier molecular flexibility index (Phi) is 5.37. The van der Waals surface area contributed by atoms with Crippen molar-refractivity contribution in [3.63, 3.8) is 0 Å². The zero-order valence-electron chi connectivity index (χ0n) is 14.3. The smallest absolute Gasteiger partial charge is 0.273 e. The second-order valence-corrected chi connectivity index (χ2v) is 7.01. The van der Waals surface area contributed by atoms with Crippen LogP contribution in [0.15, 0.2) is 24.3 Å². The molecule has 132 valence electrons. The standard InChI is InChI=1S/C17H21N5O2S/c1-11-16(17(24)19-13-3-4-13)20-21-22(11)14-7-5-12(6-8-14)18-15(23)9-10-25-2/h5-8,13H,3-4,9-10H2,1-2H3,(H,18,23)(H,19,24). The van der Waals surface area contributed by atoms with Gasteiger partial charge in [0.2, 0.25) is 5.91 Å². The Hall–Kier alpha value is -2.35. The Bertz CT molecular complexity index is 768. The van der Waals surface area contributed by atoms with Gasteiger partial charge in [-0.2, -0.15) is 11.8 Å². The van der Waals surface area contributed by atoms with Crippen LogP contribution >= 0.6 is 11.8 Å². The lowest BCUT2D eigenvalue weighted by Crippen LogP contribution is -2.26. The molecule has 0 radical (unpaired) electrons. The minimum atomic E-state index is -0.177. The number of hydrogen-bond donors (Lipinski definition) is 2. The molecule has 1 aliphatic rings. The molecule has 0 bridgehead atoms. The maximum absolute atomic E-state index is 12.1. The SMILES string of the molecule is CSCCC(=O)Nc1ccc(-n2nnc(C(=O)NC3CC3)c2C)cc1. The predicted octanol–water partition coefficient (Wildman–Crippen LogP) is 2.16. The molecule has 0 aliphatic heterocycles. The first-order valence-corrected chi connectivity index (χ1v) is 9.60. The molecule has 3 rings (SSSR count). The molecule has 25 heavy (non-hydrogen) atoms. The Morgan fingerprint density at radius 2 is 2.00 bits per heavy atom. The first-order valence-electron chi connectivity index (χ1n) is 8.21. The molecule has 2 N–H and O–H groups in total. The van der Waals surface area contributed by atoms with Gasteiger partial charge in [0, 0.05) is 23.9 Å². The van der Waals surface area contributed by atoms with Crippen LogP contribution in [0.4, 0.5) is 5.69 Å². The summed E-state index contributed by atoms with van der Waals surface area (Å²) < 4.78 is 1.63. The van der Waals surface area contributed by atoms with E-state index in [4.69, 9.17) is 0 Å². The maximum Gasteiger partial charge on any atom is 0.273 e. The van der Waals surface area contributed by atoms with Gasteiger partial charge in [-0.05, 0) is 50.3 Å². The molecule has 1 heterocycles. The Morgan fingerprint density at radius 1 is 1.28 bits per heavy atom. The molecule has 2 aromatic rings. The molecule has 1 aromatic heterocycles. The minimum Gasteiger partial charge on any atom is -0.348 e. The predicted molar refractivity (Wildman–Crippen MR) is 98.2 cm³/mol. The van der Waals surface area contributed by atoms with Crippen molar-refractivity contribution in [3.8, 4) is 5.69 Å². The summed E-state index contributed by atoms with van der Waals surface area (Å²) in [6, 6.07) is 7.60. The molecule has 7 nitrogen and oxygen atoms in total.